The van der Waals surface area contributed by atoms with Crippen molar-refractivity contribution in [2.75, 3.05) is 25.0 Å². The van der Waals surface area contributed by atoms with Crippen molar-refractivity contribution in [3.05, 3.63) is 46.5 Å². The van der Waals surface area contributed by atoms with Crippen LogP contribution in [-0.2, 0) is 20.1 Å². The van der Waals surface area contributed by atoms with Crippen molar-refractivity contribution in [2.45, 2.75) is 32.4 Å². The Kier molecular flexibility index (Phi) is 5.38. The summed E-state index contributed by atoms with van der Waals surface area (Å²) < 4.78 is 3.29. The second-order valence-corrected chi connectivity index (χ2v) is 7.31. The Hall–Kier alpha value is -1.33. The van der Waals surface area contributed by atoms with Crippen molar-refractivity contribution in [3.63, 3.8) is 0 Å². The number of imidazole rings is 1. The summed E-state index contributed by atoms with van der Waals surface area (Å²) in [6.07, 6.45) is 7.83. The predicted molar refractivity (Wildman–Crippen MR) is 98.6 cm³/mol. The van der Waals surface area contributed by atoms with E-state index in [1.54, 1.807) is 0 Å². The zero-order chi connectivity index (χ0) is 16.2. The van der Waals surface area contributed by atoms with E-state index in [0.717, 1.165) is 18.9 Å². The highest BCUT2D eigenvalue weighted by Gasteiger charge is 2.14. The highest BCUT2D eigenvalue weighted by Crippen LogP contribution is 2.30. The average Bonchev–Trinajstić information content (AvgIpc) is 2.93. The van der Waals surface area contributed by atoms with E-state index in [9.17, 15) is 0 Å². The van der Waals surface area contributed by atoms with Gasteiger partial charge in [0.05, 0.1) is 12.2 Å². The van der Waals surface area contributed by atoms with Gasteiger partial charge < -0.3 is 9.47 Å². The zero-order valence-electron chi connectivity index (χ0n) is 14.0. The molecule has 1 aromatic heterocycles. The topological polar surface area (TPSA) is 24.3 Å². The first-order chi connectivity index (χ1) is 11.1. The first-order valence-corrected chi connectivity index (χ1v) is 9.11. The van der Waals surface area contributed by atoms with Gasteiger partial charge in [-0.1, -0.05) is 6.07 Å². The summed E-state index contributed by atoms with van der Waals surface area (Å²) in [6, 6.07) is 6.78. The quantitative estimate of drug-likeness (QED) is 0.792. The van der Waals surface area contributed by atoms with E-state index in [2.05, 4.69) is 60.5 Å². The molecule has 1 fully saturated rings. The van der Waals surface area contributed by atoms with E-state index in [4.69, 9.17) is 0 Å². The van der Waals surface area contributed by atoms with Crippen LogP contribution in [0.2, 0.25) is 0 Å². The van der Waals surface area contributed by atoms with Crippen LogP contribution in [-0.4, -0.2) is 34.6 Å². The Balaban J connectivity index is 1.64. The minimum absolute atomic E-state index is 0.856. The zero-order valence-corrected chi connectivity index (χ0v) is 15.6. The number of nitrogens with zero attached hydrogens (tertiary/aromatic N) is 4. The van der Waals surface area contributed by atoms with Crippen LogP contribution in [0.15, 0.2) is 35.1 Å². The summed E-state index contributed by atoms with van der Waals surface area (Å²) in [4.78, 5) is 9.19. The van der Waals surface area contributed by atoms with Gasteiger partial charge in [0.15, 0.2) is 0 Å². The molecule has 1 saturated heterocycles. The molecule has 2 aromatic rings. The summed E-state index contributed by atoms with van der Waals surface area (Å²) in [6.45, 7) is 4.13. The number of hydrogen-bond acceptors (Lipinski definition) is 3. The SMILES string of the molecule is CN(Cc1ccc(N2CCCCC2)c(Br)c1)Cc1nccn1C. The smallest absolute Gasteiger partial charge is 0.122 e. The number of halogens is 1. The second-order valence-electron chi connectivity index (χ2n) is 6.46. The Morgan fingerprint density at radius 3 is 2.61 bits per heavy atom. The summed E-state index contributed by atoms with van der Waals surface area (Å²) in [7, 11) is 4.18. The molecule has 0 radical (unpaired) electrons. The van der Waals surface area contributed by atoms with Crippen LogP contribution in [0.5, 0.6) is 0 Å². The molecule has 1 aliphatic rings. The van der Waals surface area contributed by atoms with E-state index < -0.39 is 0 Å². The Labute approximate surface area is 147 Å². The number of piperidine rings is 1. The standard InChI is InChI=1S/C18H25BrN4/c1-21(14-18-20-8-11-22(18)2)13-15-6-7-17(16(19)12-15)23-9-4-3-5-10-23/h6-8,11-12H,3-5,9-10,13-14H2,1-2H3. The fourth-order valence-electron chi connectivity index (χ4n) is 3.20. The maximum absolute atomic E-state index is 4.40. The summed E-state index contributed by atoms with van der Waals surface area (Å²) in [5.74, 6) is 1.09. The first kappa shape index (κ1) is 16.5. The van der Waals surface area contributed by atoms with Gasteiger partial charge in [-0.2, -0.15) is 0 Å². The molecule has 23 heavy (non-hydrogen) atoms. The number of aryl methyl sites for hydroxylation is 1. The van der Waals surface area contributed by atoms with Crippen molar-refractivity contribution >= 4 is 21.6 Å². The van der Waals surface area contributed by atoms with Crippen LogP contribution in [0.1, 0.15) is 30.7 Å². The molecule has 2 heterocycles. The van der Waals surface area contributed by atoms with Crippen molar-refractivity contribution in [1.82, 2.24) is 14.5 Å². The largest absolute Gasteiger partial charge is 0.371 e. The molecular formula is C18H25BrN4. The minimum Gasteiger partial charge on any atom is -0.371 e. The van der Waals surface area contributed by atoms with Crippen molar-refractivity contribution < 1.29 is 0 Å². The second kappa shape index (κ2) is 7.49. The van der Waals surface area contributed by atoms with E-state index in [1.165, 1.54) is 48.1 Å². The normalized spacial score (nSPS) is 15.4. The van der Waals surface area contributed by atoms with Crippen LogP contribution in [0.25, 0.3) is 0 Å². The monoisotopic (exact) mass is 376 g/mol. The predicted octanol–water partition coefficient (Wildman–Crippen LogP) is 3.80. The van der Waals surface area contributed by atoms with E-state index >= 15 is 0 Å². The molecule has 4 nitrogen and oxygen atoms in total. The van der Waals surface area contributed by atoms with E-state index in [0.29, 0.717) is 0 Å². The molecule has 0 spiro atoms. The van der Waals surface area contributed by atoms with Crippen LogP contribution in [0, 0.1) is 0 Å². The number of benzene rings is 1. The minimum atomic E-state index is 0.856. The number of anilines is 1. The summed E-state index contributed by atoms with van der Waals surface area (Å²) in [5, 5.41) is 0. The molecular weight excluding hydrogens is 352 g/mol. The number of rotatable bonds is 5. The average molecular weight is 377 g/mol. The van der Waals surface area contributed by atoms with Crippen LogP contribution in [0.3, 0.4) is 0 Å². The van der Waals surface area contributed by atoms with Gasteiger partial charge in [0, 0.05) is 43.5 Å². The van der Waals surface area contributed by atoms with Crippen LogP contribution < -0.4 is 4.90 Å². The molecule has 0 N–H and O–H groups in total. The first-order valence-electron chi connectivity index (χ1n) is 8.31. The van der Waals surface area contributed by atoms with Crippen molar-refractivity contribution in [3.8, 4) is 0 Å². The third-order valence-corrected chi connectivity index (χ3v) is 5.13. The number of aromatic nitrogens is 2. The van der Waals surface area contributed by atoms with Gasteiger partial charge in [0.25, 0.3) is 0 Å². The van der Waals surface area contributed by atoms with Gasteiger partial charge >= 0.3 is 0 Å². The molecule has 1 aromatic carbocycles. The van der Waals surface area contributed by atoms with Crippen molar-refractivity contribution in [2.24, 2.45) is 7.05 Å². The van der Waals surface area contributed by atoms with Crippen molar-refractivity contribution in [1.29, 1.82) is 0 Å². The van der Waals surface area contributed by atoms with Gasteiger partial charge in [-0.15, -0.1) is 0 Å². The highest BCUT2D eigenvalue weighted by atomic mass is 79.9. The lowest BCUT2D eigenvalue weighted by Crippen LogP contribution is -2.29. The maximum Gasteiger partial charge on any atom is 0.122 e. The molecule has 0 unspecified atom stereocenters. The lowest BCUT2D eigenvalue weighted by atomic mass is 10.1. The molecule has 0 bridgehead atoms. The summed E-state index contributed by atoms with van der Waals surface area (Å²) >= 11 is 3.77. The molecule has 5 heteroatoms. The van der Waals surface area contributed by atoms with E-state index in [1.807, 2.05) is 19.4 Å². The molecule has 0 saturated carbocycles. The highest BCUT2D eigenvalue weighted by molar-refractivity contribution is 9.10. The fourth-order valence-corrected chi connectivity index (χ4v) is 3.87. The molecule has 3 rings (SSSR count). The maximum atomic E-state index is 4.40. The lowest BCUT2D eigenvalue weighted by Gasteiger charge is -2.30. The van der Waals surface area contributed by atoms with Gasteiger partial charge in [-0.25, -0.2) is 4.98 Å². The molecule has 0 atom stereocenters. The summed E-state index contributed by atoms with van der Waals surface area (Å²) in [5.41, 5.74) is 2.66. The lowest BCUT2D eigenvalue weighted by molar-refractivity contribution is 0.307. The van der Waals surface area contributed by atoms with Crippen LogP contribution in [0.4, 0.5) is 5.69 Å². The van der Waals surface area contributed by atoms with E-state index in [-0.39, 0.29) is 0 Å². The molecule has 124 valence electrons. The van der Waals surface area contributed by atoms with Gasteiger partial charge in [0.2, 0.25) is 0 Å². The van der Waals surface area contributed by atoms with Gasteiger partial charge in [0.1, 0.15) is 5.82 Å². The Morgan fingerprint density at radius 2 is 1.96 bits per heavy atom. The Bertz CT molecular complexity index is 646. The third-order valence-electron chi connectivity index (χ3n) is 4.49. The fraction of sp³-hybridized carbons (Fsp3) is 0.500. The number of hydrogen-bond donors (Lipinski definition) is 0. The molecule has 1 aliphatic heterocycles. The van der Waals surface area contributed by atoms with Gasteiger partial charge in [-0.05, 0) is 59.9 Å². The third kappa shape index (κ3) is 4.15. The van der Waals surface area contributed by atoms with Crippen LogP contribution >= 0.6 is 15.9 Å². The molecule has 0 amide bonds. The molecule has 0 aliphatic carbocycles. The Morgan fingerprint density at radius 1 is 1.17 bits per heavy atom. The van der Waals surface area contributed by atoms with Gasteiger partial charge in [-0.3, -0.25) is 4.90 Å².